The molecule has 0 fully saturated rings. The molecule has 118 valence electrons. The summed E-state index contributed by atoms with van der Waals surface area (Å²) in [6, 6.07) is 6.47. The number of rotatable bonds is 1. The molecule has 1 N–H and O–H groups in total. The highest BCUT2D eigenvalue weighted by atomic mass is 35.5. The Morgan fingerprint density at radius 1 is 1.48 bits per heavy atom. The molecule has 7 heteroatoms. The second kappa shape index (κ2) is 5.74. The van der Waals surface area contributed by atoms with Crippen LogP contribution in [0.4, 0.5) is 0 Å². The van der Waals surface area contributed by atoms with Crippen molar-refractivity contribution in [3.8, 4) is 0 Å². The van der Waals surface area contributed by atoms with Crippen molar-refractivity contribution in [1.29, 1.82) is 0 Å². The Hall–Kier alpha value is -2.27. The first-order valence-electron chi connectivity index (χ1n) is 7.29. The summed E-state index contributed by atoms with van der Waals surface area (Å²) in [6.45, 7) is 0.585. The molecule has 4 rings (SSSR count). The average molecular weight is 330 g/mol. The third-order valence-corrected chi connectivity index (χ3v) is 4.73. The van der Waals surface area contributed by atoms with Crippen LogP contribution in [-0.2, 0) is 11.2 Å². The molecule has 1 aliphatic heterocycles. The molecule has 23 heavy (non-hydrogen) atoms. The number of nitrogens with zero attached hydrogens (tertiary/aromatic N) is 4. The lowest BCUT2D eigenvalue weighted by Gasteiger charge is -2.39. The van der Waals surface area contributed by atoms with E-state index in [0.717, 1.165) is 17.5 Å². The second-order valence-electron chi connectivity index (χ2n) is 5.96. The predicted molar refractivity (Wildman–Crippen MR) is 91.3 cm³/mol. The number of benzene rings is 1. The molecular formula is C16H16ClN5O. The van der Waals surface area contributed by atoms with Crippen LogP contribution in [0.1, 0.15) is 11.1 Å². The van der Waals surface area contributed by atoms with Gasteiger partial charge in [-0.1, -0.05) is 18.2 Å². The van der Waals surface area contributed by atoms with Gasteiger partial charge in [0, 0.05) is 34.6 Å². The Morgan fingerprint density at radius 3 is 3.09 bits per heavy atom. The number of likely N-dealkylation sites (N-methyl/N-ethyl adjacent to an activating group) is 1. The van der Waals surface area contributed by atoms with Crippen molar-refractivity contribution in [2.75, 3.05) is 13.6 Å². The molecule has 0 saturated carbocycles. The number of hydrogen-bond donors (Lipinski definition) is 1. The lowest BCUT2D eigenvalue weighted by Crippen LogP contribution is -2.44. The number of fused-ring (bicyclic) bond motifs is 2. The summed E-state index contributed by atoms with van der Waals surface area (Å²) in [4.78, 5) is 20.1. The number of nitrogens with one attached hydrogen (secondary N) is 1. The summed E-state index contributed by atoms with van der Waals surface area (Å²) in [7, 11) is 2.02. The Balaban J connectivity index is 0.00000156. The largest absolute Gasteiger partial charge is 0.361 e. The third kappa shape index (κ3) is 2.32. The highest BCUT2D eigenvalue weighted by molar-refractivity contribution is 5.99. The molecule has 1 aromatic heterocycles. The Labute approximate surface area is 139 Å². The molecule has 2 aliphatic rings. The van der Waals surface area contributed by atoms with Gasteiger partial charge in [0.25, 0.3) is 0 Å². The molecule has 0 spiro atoms. The van der Waals surface area contributed by atoms with E-state index in [1.807, 2.05) is 19.2 Å². The van der Waals surface area contributed by atoms with Crippen LogP contribution in [0.5, 0.6) is 0 Å². The van der Waals surface area contributed by atoms with E-state index in [1.54, 1.807) is 0 Å². The highest BCUT2D eigenvalue weighted by Crippen LogP contribution is 2.40. The normalized spacial score (nSPS) is 22.6. The first-order valence-corrected chi connectivity index (χ1v) is 7.29. The van der Waals surface area contributed by atoms with Crippen LogP contribution in [0.2, 0.25) is 0 Å². The highest BCUT2D eigenvalue weighted by Gasteiger charge is 2.35. The molecule has 1 aliphatic carbocycles. The first-order chi connectivity index (χ1) is 10.7. The number of carbonyl (C=O) groups is 1. The van der Waals surface area contributed by atoms with Gasteiger partial charge in [-0.3, -0.25) is 9.69 Å². The molecule has 2 heterocycles. The van der Waals surface area contributed by atoms with Gasteiger partial charge < -0.3 is 4.98 Å². The van der Waals surface area contributed by atoms with E-state index in [-0.39, 0.29) is 24.4 Å². The zero-order chi connectivity index (χ0) is 15.3. The quantitative estimate of drug-likeness (QED) is 0.494. The number of H-pyrrole nitrogens is 1. The summed E-state index contributed by atoms with van der Waals surface area (Å²) >= 11 is 0. The summed E-state index contributed by atoms with van der Waals surface area (Å²) in [5.74, 6) is -0.782. The van der Waals surface area contributed by atoms with Crippen LogP contribution in [0.15, 0.2) is 35.6 Å². The molecule has 0 radical (unpaired) electrons. The van der Waals surface area contributed by atoms with Crippen molar-refractivity contribution < 1.29 is 4.79 Å². The van der Waals surface area contributed by atoms with E-state index in [1.165, 1.54) is 16.5 Å². The zero-order valence-electron chi connectivity index (χ0n) is 12.6. The van der Waals surface area contributed by atoms with Crippen LogP contribution >= 0.6 is 12.4 Å². The number of halogens is 1. The lowest BCUT2D eigenvalue weighted by molar-refractivity contribution is -0.121. The molecule has 0 unspecified atom stereocenters. The van der Waals surface area contributed by atoms with E-state index >= 15 is 0 Å². The molecule has 1 aromatic carbocycles. The third-order valence-electron chi connectivity index (χ3n) is 4.73. The number of azide groups is 1. The van der Waals surface area contributed by atoms with Gasteiger partial charge in [0.1, 0.15) is 0 Å². The van der Waals surface area contributed by atoms with Gasteiger partial charge in [-0.25, -0.2) is 0 Å². The average Bonchev–Trinajstić information content (AvgIpc) is 2.93. The second-order valence-corrected chi connectivity index (χ2v) is 5.96. The number of amides is 1. The van der Waals surface area contributed by atoms with Crippen molar-refractivity contribution in [3.05, 3.63) is 52.0 Å². The zero-order valence-corrected chi connectivity index (χ0v) is 13.4. The van der Waals surface area contributed by atoms with Crippen LogP contribution < -0.4 is 0 Å². The number of carbonyl (C=O) groups excluding carboxylic acids is 1. The lowest BCUT2D eigenvalue weighted by atomic mass is 9.80. The minimum atomic E-state index is -0.410. The van der Waals surface area contributed by atoms with Crippen LogP contribution in [0.3, 0.4) is 0 Å². The maximum atomic E-state index is 12.0. The van der Waals surface area contributed by atoms with Crippen molar-refractivity contribution in [2.24, 2.45) is 11.0 Å². The van der Waals surface area contributed by atoms with Gasteiger partial charge in [-0.2, -0.15) is 0 Å². The van der Waals surface area contributed by atoms with Crippen molar-refractivity contribution in [2.45, 2.75) is 12.5 Å². The molecule has 0 bridgehead atoms. The minimum Gasteiger partial charge on any atom is -0.361 e. The standard InChI is InChI=1S/C16H15N5O.ClH/c1-21-8-10(16(22)19-20-17)5-12-11-3-2-4-13-15(11)9(7-18-13)6-14(12)21;/h2-5,7,10,14,18H,6,8H2,1H3;1H/t10-,14+;/m0./s1. The van der Waals surface area contributed by atoms with Gasteiger partial charge in [0.2, 0.25) is 5.91 Å². The van der Waals surface area contributed by atoms with Crippen molar-refractivity contribution >= 4 is 34.8 Å². The molecule has 2 atom stereocenters. The summed E-state index contributed by atoms with van der Waals surface area (Å²) < 4.78 is 0. The Bertz CT molecular complexity index is 864. The van der Waals surface area contributed by atoms with Gasteiger partial charge in [0.05, 0.1) is 5.92 Å². The van der Waals surface area contributed by atoms with Crippen LogP contribution in [-0.4, -0.2) is 35.4 Å². The Morgan fingerprint density at radius 2 is 2.30 bits per heavy atom. The number of aromatic amines is 1. The monoisotopic (exact) mass is 329 g/mol. The first kappa shape index (κ1) is 15.6. The van der Waals surface area contributed by atoms with Crippen molar-refractivity contribution in [3.63, 3.8) is 0 Å². The molecule has 0 saturated heterocycles. The van der Waals surface area contributed by atoms with E-state index in [0.29, 0.717) is 6.54 Å². The van der Waals surface area contributed by atoms with E-state index in [9.17, 15) is 4.79 Å². The summed E-state index contributed by atoms with van der Waals surface area (Å²) in [6.07, 6.45) is 5.00. The van der Waals surface area contributed by atoms with Crippen LogP contribution in [0.25, 0.3) is 26.9 Å². The van der Waals surface area contributed by atoms with Gasteiger partial charge >= 0.3 is 0 Å². The molecular weight excluding hydrogens is 314 g/mol. The summed E-state index contributed by atoms with van der Waals surface area (Å²) in [5, 5.41) is 4.51. The van der Waals surface area contributed by atoms with E-state index in [4.69, 9.17) is 5.53 Å². The van der Waals surface area contributed by atoms with Gasteiger partial charge in [0.15, 0.2) is 0 Å². The van der Waals surface area contributed by atoms with Gasteiger partial charge in [-0.15, -0.1) is 12.4 Å². The fraction of sp³-hybridized carbons (Fsp3) is 0.312. The molecule has 6 nitrogen and oxygen atoms in total. The molecule has 1 amide bonds. The maximum absolute atomic E-state index is 12.0. The predicted octanol–water partition coefficient (Wildman–Crippen LogP) is 3.30. The minimum absolute atomic E-state index is 0. The summed E-state index contributed by atoms with van der Waals surface area (Å²) in [5.41, 5.74) is 13.3. The fourth-order valence-corrected chi connectivity index (χ4v) is 3.72. The number of hydrogen-bond acceptors (Lipinski definition) is 2. The topological polar surface area (TPSA) is 84.9 Å². The Kier molecular flexibility index (Phi) is 3.90. The maximum Gasteiger partial charge on any atom is 0.227 e. The van der Waals surface area contributed by atoms with Crippen LogP contribution in [0, 0.1) is 5.92 Å². The fourth-order valence-electron chi connectivity index (χ4n) is 3.72. The molecule has 2 aromatic rings. The van der Waals surface area contributed by atoms with Crippen molar-refractivity contribution in [1.82, 2.24) is 9.88 Å². The van der Waals surface area contributed by atoms with E-state index in [2.05, 4.69) is 38.2 Å². The number of aromatic nitrogens is 1. The van der Waals surface area contributed by atoms with E-state index < -0.39 is 5.91 Å². The van der Waals surface area contributed by atoms with Gasteiger partial charge in [-0.05, 0) is 46.9 Å². The SMILES string of the molecule is CN1C[C@@H](C(=O)N=[N+]=[N-])C=C2c3cccc4[nH]cc(c34)C[C@H]21.Cl. The smallest absolute Gasteiger partial charge is 0.227 e.